The summed E-state index contributed by atoms with van der Waals surface area (Å²) in [5.74, 6) is -0.884. The molecule has 1 heterocycles. The van der Waals surface area contributed by atoms with Crippen molar-refractivity contribution in [1.29, 1.82) is 5.26 Å². The van der Waals surface area contributed by atoms with E-state index >= 15 is 0 Å². The van der Waals surface area contributed by atoms with Crippen LogP contribution in [0.1, 0.15) is 18.1 Å². The molecule has 29 heavy (non-hydrogen) atoms. The lowest BCUT2D eigenvalue weighted by molar-refractivity contribution is -0.140. The smallest absolute Gasteiger partial charge is 0.271 e. The van der Waals surface area contributed by atoms with Gasteiger partial charge in [-0.1, -0.05) is 42.5 Å². The first-order chi connectivity index (χ1) is 13.9. The van der Waals surface area contributed by atoms with Gasteiger partial charge in [-0.15, -0.1) is 0 Å². The Balaban J connectivity index is 1.93. The minimum absolute atomic E-state index is 0.0221. The van der Waals surface area contributed by atoms with Crippen LogP contribution in [0.5, 0.6) is 0 Å². The molecule has 0 radical (unpaired) electrons. The molecule has 0 saturated heterocycles. The van der Waals surface area contributed by atoms with Crippen LogP contribution in [0.15, 0.2) is 71.3 Å². The molecule has 2 aromatic carbocycles. The summed E-state index contributed by atoms with van der Waals surface area (Å²) in [6, 6.07) is 19.4. The predicted octanol–water partition coefficient (Wildman–Crippen LogP) is 3.59. The molecule has 0 aliphatic carbocycles. The van der Waals surface area contributed by atoms with Crippen molar-refractivity contribution in [1.82, 2.24) is 4.90 Å². The van der Waals surface area contributed by atoms with Gasteiger partial charge < -0.3 is 4.90 Å². The predicted molar refractivity (Wildman–Crippen MR) is 114 cm³/mol. The van der Waals surface area contributed by atoms with E-state index in [0.29, 0.717) is 17.6 Å². The van der Waals surface area contributed by atoms with Gasteiger partial charge in [-0.3, -0.25) is 14.5 Å². The number of nitriles is 1. The van der Waals surface area contributed by atoms with Crippen molar-refractivity contribution in [3.05, 3.63) is 82.4 Å². The molecule has 0 bridgehead atoms. The van der Waals surface area contributed by atoms with E-state index in [2.05, 4.69) is 0 Å². The standard InChI is InChI=1S/C24H23N3O2/c1-17-21(15-19-9-11-20(12-10-19)26(2)3)23(28)27(24(29)22(17)16-25)14-13-18-7-5-4-6-8-18/h4-12,15H,13-14H2,1-3H3/b21-15+. The average Bonchev–Trinajstić information content (AvgIpc) is 2.72. The highest BCUT2D eigenvalue weighted by molar-refractivity contribution is 6.19. The highest BCUT2D eigenvalue weighted by Gasteiger charge is 2.35. The van der Waals surface area contributed by atoms with Gasteiger partial charge >= 0.3 is 0 Å². The number of nitrogens with zero attached hydrogens (tertiary/aromatic N) is 3. The highest BCUT2D eigenvalue weighted by atomic mass is 16.2. The molecule has 0 spiro atoms. The zero-order chi connectivity index (χ0) is 21.0. The molecule has 146 valence electrons. The van der Waals surface area contributed by atoms with Crippen LogP contribution in [0.4, 0.5) is 5.69 Å². The quantitative estimate of drug-likeness (QED) is 0.583. The third-order valence-corrected chi connectivity index (χ3v) is 5.01. The van der Waals surface area contributed by atoms with Crippen LogP contribution in [0.2, 0.25) is 0 Å². The lowest BCUT2D eigenvalue weighted by atomic mass is 9.93. The van der Waals surface area contributed by atoms with Crippen molar-refractivity contribution in [2.45, 2.75) is 13.3 Å². The Morgan fingerprint density at radius 2 is 1.66 bits per heavy atom. The molecule has 1 aliphatic heterocycles. The molecule has 5 nitrogen and oxygen atoms in total. The summed E-state index contributed by atoms with van der Waals surface area (Å²) in [6.45, 7) is 1.89. The lowest BCUT2D eigenvalue weighted by Crippen LogP contribution is -2.43. The Kier molecular flexibility index (Phi) is 5.94. The van der Waals surface area contributed by atoms with Crippen LogP contribution in [-0.2, 0) is 16.0 Å². The van der Waals surface area contributed by atoms with Gasteiger partial charge in [0.2, 0.25) is 0 Å². The van der Waals surface area contributed by atoms with E-state index < -0.39 is 5.91 Å². The highest BCUT2D eigenvalue weighted by Crippen LogP contribution is 2.27. The SMILES string of the molecule is CC1=C(C#N)C(=O)N(CCc2ccccc2)C(=O)/C1=C/c1ccc(N(C)C)cc1. The second kappa shape index (κ2) is 8.57. The van der Waals surface area contributed by atoms with Crippen LogP contribution in [0.3, 0.4) is 0 Å². The molecule has 0 N–H and O–H groups in total. The summed E-state index contributed by atoms with van der Waals surface area (Å²) < 4.78 is 0. The fourth-order valence-electron chi connectivity index (χ4n) is 3.25. The molecule has 2 amide bonds. The number of hydrogen-bond acceptors (Lipinski definition) is 4. The number of rotatable bonds is 5. The Morgan fingerprint density at radius 1 is 1.00 bits per heavy atom. The summed E-state index contributed by atoms with van der Waals surface area (Å²) in [5.41, 5.74) is 3.75. The van der Waals surface area contributed by atoms with Gasteiger partial charge in [0.05, 0.1) is 0 Å². The zero-order valence-corrected chi connectivity index (χ0v) is 16.8. The van der Waals surface area contributed by atoms with Gasteiger partial charge in [-0.25, -0.2) is 0 Å². The Labute approximate surface area is 171 Å². The van der Waals surface area contributed by atoms with Crippen molar-refractivity contribution in [3.63, 3.8) is 0 Å². The third kappa shape index (κ3) is 4.27. The van der Waals surface area contributed by atoms with Gasteiger partial charge in [0.15, 0.2) is 0 Å². The van der Waals surface area contributed by atoms with Gasteiger partial charge in [0, 0.05) is 31.9 Å². The van der Waals surface area contributed by atoms with E-state index in [1.807, 2.05) is 79.7 Å². The normalized spacial score (nSPS) is 15.7. The monoisotopic (exact) mass is 385 g/mol. The average molecular weight is 385 g/mol. The third-order valence-electron chi connectivity index (χ3n) is 5.01. The molecule has 3 rings (SSSR count). The maximum absolute atomic E-state index is 13.1. The molecule has 0 saturated carbocycles. The largest absolute Gasteiger partial charge is 0.378 e. The van der Waals surface area contributed by atoms with Crippen LogP contribution in [0.25, 0.3) is 6.08 Å². The van der Waals surface area contributed by atoms with E-state index in [1.54, 1.807) is 13.0 Å². The zero-order valence-electron chi connectivity index (χ0n) is 16.8. The van der Waals surface area contributed by atoms with Gasteiger partial charge in [0.1, 0.15) is 11.6 Å². The number of hydrogen-bond donors (Lipinski definition) is 0. The summed E-state index contributed by atoms with van der Waals surface area (Å²) in [4.78, 5) is 29.0. The summed E-state index contributed by atoms with van der Waals surface area (Å²) >= 11 is 0. The molecule has 2 aromatic rings. The van der Waals surface area contributed by atoms with Crippen molar-refractivity contribution in [3.8, 4) is 6.07 Å². The van der Waals surface area contributed by atoms with E-state index in [4.69, 9.17) is 0 Å². The second-order valence-corrected chi connectivity index (χ2v) is 7.15. The van der Waals surface area contributed by atoms with Gasteiger partial charge in [0.25, 0.3) is 11.8 Å². The van der Waals surface area contributed by atoms with Crippen LogP contribution in [-0.4, -0.2) is 37.4 Å². The number of carbonyl (C=O) groups is 2. The minimum Gasteiger partial charge on any atom is -0.378 e. The van der Waals surface area contributed by atoms with Crippen LogP contribution >= 0.6 is 0 Å². The first-order valence-corrected chi connectivity index (χ1v) is 9.43. The fourth-order valence-corrected chi connectivity index (χ4v) is 3.25. The Bertz CT molecular complexity index is 1030. The fraction of sp³-hybridized carbons (Fsp3) is 0.208. The first-order valence-electron chi connectivity index (χ1n) is 9.43. The van der Waals surface area contributed by atoms with Crippen LogP contribution in [0, 0.1) is 11.3 Å². The molecule has 0 unspecified atom stereocenters. The van der Waals surface area contributed by atoms with Gasteiger partial charge in [-0.2, -0.15) is 5.26 Å². The molecule has 1 aliphatic rings. The molecule has 5 heteroatoms. The van der Waals surface area contributed by atoms with E-state index in [9.17, 15) is 14.9 Å². The number of imide groups is 1. The number of benzene rings is 2. The van der Waals surface area contributed by atoms with Crippen molar-refractivity contribution >= 4 is 23.6 Å². The maximum atomic E-state index is 13.1. The topological polar surface area (TPSA) is 64.4 Å². The summed E-state index contributed by atoms with van der Waals surface area (Å²) in [7, 11) is 3.92. The summed E-state index contributed by atoms with van der Waals surface area (Å²) in [5, 5.41) is 9.50. The molecule has 0 atom stereocenters. The van der Waals surface area contributed by atoms with Crippen molar-refractivity contribution in [2.24, 2.45) is 0 Å². The van der Waals surface area contributed by atoms with E-state index in [1.165, 1.54) is 4.90 Å². The second-order valence-electron chi connectivity index (χ2n) is 7.15. The minimum atomic E-state index is -0.522. The lowest BCUT2D eigenvalue weighted by Gasteiger charge is -2.27. The number of amides is 2. The summed E-state index contributed by atoms with van der Waals surface area (Å²) in [6.07, 6.45) is 2.29. The maximum Gasteiger partial charge on any atom is 0.271 e. The first kappa shape index (κ1) is 20.1. The van der Waals surface area contributed by atoms with Crippen molar-refractivity contribution in [2.75, 3.05) is 25.5 Å². The Morgan fingerprint density at radius 3 is 2.24 bits per heavy atom. The molecule has 0 aromatic heterocycles. The van der Waals surface area contributed by atoms with E-state index in [-0.39, 0.29) is 18.0 Å². The van der Waals surface area contributed by atoms with Gasteiger partial charge in [-0.05, 0) is 48.3 Å². The van der Waals surface area contributed by atoms with E-state index in [0.717, 1.165) is 16.8 Å². The Hall–Kier alpha value is -3.65. The molecular formula is C24H23N3O2. The number of carbonyl (C=O) groups excluding carboxylic acids is 2. The molecule has 0 fully saturated rings. The molecular weight excluding hydrogens is 362 g/mol. The number of anilines is 1. The van der Waals surface area contributed by atoms with Crippen molar-refractivity contribution < 1.29 is 9.59 Å². The van der Waals surface area contributed by atoms with Crippen LogP contribution < -0.4 is 4.90 Å².